The molecule has 1 heterocycles. The summed E-state index contributed by atoms with van der Waals surface area (Å²) in [7, 11) is 3.43. The standard InChI is InChI=1S/C24H30N4O3.HI/c1-18-8-10-19(11-9-18)23-27-21(17-31-23)12-13-26-24(25-2)28-20-6-4-7-22(16-20)30-15-5-14-29-3;/h4,6-11,16-17H,5,12-15H2,1-3H3,(H2,25,26,28);1H. The third-order valence-electron chi connectivity index (χ3n) is 4.61. The normalized spacial score (nSPS) is 11.0. The molecule has 0 bridgehead atoms. The molecule has 0 unspecified atom stereocenters. The smallest absolute Gasteiger partial charge is 0.226 e. The summed E-state index contributed by atoms with van der Waals surface area (Å²) in [6, 6.07) is 15.9. The number of aryl methyl sites for hydroxylation is 1. The van der Waals surface area contributed by atoms with Crippen LogP contribution in [0.3, 0.4) is 0 Å². The first-order valence-electron chi connectivity index (χ1n) is 10.4. The fourth-order valence-electron chi connectivity index (χ4n) is 2.93. The average molecular weight is 550 g/mol. The Kier molecular flexibility index (Phi) is 11.0. The van der Waals surface area contributed by atoms with Gasteiger partial charge in [0.15, 0.2) is 5.96 Å². The monoisotopic (exact) mass is 550 g/mol. The van der Waals surface area contributed by atoms with Crippen molar-refractivity contribution in [2.45, 2.75) is 19.8 Å². The molecule has 0 atom stereocenters. The van der Waals surface area contributed by atoms with Crippen molar-refractivity contribution < 1.29 is 13.9 Å². The maximum Gasteiger partial charge on any atom is 0.226 e. The number of rotatable bonds is 10. The first-order chi connectivity index (χ1) is 15.2. The van der Waals surface area contributed by atoms with Gasteiger partial charge < -0.3 is 24.5 Å². The molecule has 32 heavy (non-hydrogen) atoms. The molecule has 3 rings (SSSR count). The molecular formula is C24H31IN4O3. The predicted octanol–water partition coefficient (Wildman–Crippen LogP) is 4.91. The van der Waals surface area contributed by atoms with Crippen LogP contribution in [0.1, 0.15) is 17.7 Å². The summed E-state index contributed by atoms with van der Waals surface area (Å²) in [6.07, 6.45) is 3.28. The SMILES string of the molecule is CN=C(NCCc1coc(-c2ccc(C)cc2)n1)Nc1cccc(OCCCOC)c1.I. The van der Waals surface area contributed by atoms with Gasteiger partial charge in [-0.3, -0.25) is 4.99 Å². The molecule has 0 saturated heterocycles. The average Bonchev–Trinajstić information content (AvgIpc) is 3.26. The summed E-state index contributed by atoms with van der Waals surface area (Å²) in [5, 5.41) is 6.59. The highest BCUT2D eigenvalue weighted by molar-refractivity contribution is 14.0. The van der Waals surface area contributed by atoms with E-state index in [2.05, 4.69) is 39.7 Å². The van der Waals surface area contributed by atoms with Crippen molar-refractivity contribution in [1.29, 1.82) is 0 Å². The van der Waals surface area contributed by atoms with Crippen LogP contribution in [0.15, 0.2) is 64.2 Å². The number of oxazole rings is 1. The second-order valence-corrected chi connectivity index (χ2v) is 7.11. The number of ether oxygens (including phenoxy) is 2. The molecule has 0 radical (unpaired) electrons. The highest BCUT2D eigenvalue weighted by Gasteiger charge is 2.07. The second-order valence-electron chi connectivity index (χ2n) is 7.11. The summed E-state index contributed by atoms with van der Waals surface area (Å²) in [5.74, 6) is 2.13. The van der Waals surface area contributed by atoms with Crippen molar-refractivity contribution in [2.75, 3.05) is 39.2 Å². The van der Waals surface area contributed by atoms with Crippen molar-refractivity contribution in [3.8, 4) is 17.2 Å². The number of benzene rings is 2. The fourth-order valence-corrected chi connectivity index (χ4v) is 2.93. The van der Waals surface area contributed by atoms with Gasteiger partial charge in [-0.05, 0) is 31.2 Å². The topological polar surface area (TPSA) is 80.9 Å². The van der Waals surface area contributed by atoms with Gasteiger partial charge in [-0.25, -0.2) is 4.98 Å². The van der Waals surface area contributed by atoms with Crippen LogP contribution in [0.4, 0.5) is 5.69 Å². The zero-order chi connectivity index (χ0) is 21.9. The molecule has 1 aromatic heterocycles. The van der Waals surface area contributed by atoms with Crippen molar-refractivity contribution in [1.82, 2.24) is 10.3 Å². The van der Waals surface area contributed by atoms with E-state index < -0.39 is 0 Å². The van der Waals surface area contributed by atoms with Gasteiger partial charge in [0.1, 0.15) is 12.0 Å². The Balaban J connectivity index is 0.00000363. The first-order valence-corrected chi connectivity index (χ1v) is 10.4. The molecular weight excluding hydrogens is 519 g/mol. The Hall–Kier alpha value is -2.59. The number of halogens is 1. The van der Waals surface area contributed by atoms with Gasteiger partial charge in [-0.15, -0.1) is 24.0 Å². The molecule has 0 aliphatic carbocycles. The first kappa shape index (κ1) is 25.7. The predicted molar refractivity (Wildman–Crippen MR) is 139 cm³/mol. The summed E-state index contributed by atoms with van der Waals surface area (Å²) < 4.78 is 16.4. The van der Waals surface area contributed by atoms with Crippen LogP contribution in [0.2, 0.25) is 0 Å². The second kappa shape index (κ2) is 13.7. The van der Waals surface area contributed by atoms with Gasteiger partial charge in [-0.1, -0.05) is 23.8 Å². The largest absolute Gasteiger partial charge is 0.493 e. The molecule has 3 aromatic rings. The van der Waals surface area contributed by atoms with Crippen LogP contribution >= 0.6 is 24.0 Å². The molecule has 0 fully saturated rings. The van der Waals surface area contributed by atoms with E-state index in [9.17, 15) is 0 Å². The minimum atomic E-state index is 0. The van der Waals surface area contributed by atoms with Crippen LogP contribution in [-0.4, -0.2) is 44.9 Å². The number of aromatic nitrogens is 1. The van der Waals surface area contributed by atoms with E-state index in [4.69, 9.17) is 13.9 Å². The molecule has 172 valence electrons. The third-order valence-corrected chi connectivity index (χ3v) is 4.61. The fraction of sp³-hybridized carbons (Fsp3) is 0.333. The van der Waals surface area contributed by atoms with E-state index >= 15 is 0 Å². The van der Waals surface area contributed by atoms with Gasteiger partial charge in [-0.2, -0.15) is 0 Å². The van der Waals surface area contributed by atoms with E-state index in [-0.39, 0.29) is 24.0 Å². The number of hydrogen-bond donors (Lipinski definition) is 2. The quantitative estimate of drug-likeness (QED) is 0.162. The van der Waals surface area contributed by atoms with E-state index in [1.54, 1.807) is 20.4 Å². The number of guanidine groups is 1. The molecule has 0 spiro atoms. The Morgan fingerprint density at radius 3 is 2.69 bits per heavy atom. The molecule has 8 heteroatoms. The van der Waals surface area contributed by atoms with Gasteiger partial charge in [0.05, 0.1) is 12.3 Å². The Labute approximate surface area is 206 Å². The maximum absolute atomic E-state index is 5.75. The molecule has 2 N–H and O–H groups in total. The summed E-state index contributed by atoms with van der Waals surface area (Å²) in [6.45, 7) is 4.04. The van der Waals surface area contributed by atoms with Gasteiger partial charge in [0.25, 0.3) is 0 Å². The highest BCUT2D eigenvalue weighted by Crippen LogP contribution is 2.19. The molecule has 0 aliphatic rings. The number of hydrogen-bond acceptors (Lipinski definition) is 5. The maximum atomic E-state index is 5.75. The number of methoxy groups -OCH3 is 1. The zero-order valence-corrected chi connectivity index (χ0v) is 21.1. The molecule has 0 aliphatic heterocycles. The lowest BCUT2D eigenvalue weighted by atomic mass is 10.1. The lowest BCUT2D eigenvalue weighted by molar-refractivity contribution is 0.172. The Morgan fingerprint density at radius 2 is 1.94 bits per heavy atom. The number of aliphatic imine (C=N–C) groups is 1. The highest BCUT2D eigenvalue weighted by atomic mass is 127. The third kappa shape index (κ3) is 8.16. The lowest BCUT2D eigenvalue weighted by Crippen LogP contribution is -2.32. The van der Waals surface area contributed by atoms with Gasteiger partial charge >= 0.3 is 0 Å². The van der Waals surface area contributed by atoms with E-state index in [1.807, 2.05) is 36.4 Å². The Morgan fingerprint density at radius 1 is 1.12 bits per heavy atom. The summed E-state index contributed by atoms with van der Waals surface area (Å²) in [4.78, 5) is 8.86. The number of nitrogens with zero attached hydrogens (tertiary/aromatic N) is 2. The molecule has 0 saturated carbocycles. The Bertz CT molecular complexity index is 973. The van der Waals surface area contributed by atoms with Crippen molar-refractivity contribution in [3.63, 3.8) is 0 Å². The number of anilines is 1. The lowest BCUT2D eigenvalue weighted by Gasteiger charge is -2.13. The van der Waals surface area contributed by atoms with E-state index in [0.717, 1.165) is 35.5 Å². The van der Waals surface area contributed by atoms with Gasteiger partial charge in [0, 0.05) is 57.5 Å². The number of nitrogens with one attached hydrogen (secondary N) is 2. The van der Waals surface area contributed by atoms with Crippen LogP contribution in [0.25, 0.3) is 11.5 Å². The van der Waals surface area contributed by atoms with Crippen LogP contribution < -0.4 is 15.4 Å². The van der Waals surface area contributed by atoms with Gasteiger partial charge in [0.2, 0.25) is 5.89 Å². The summed E-state index contributed by atoms with van der Waals surface area (Å²) in [5.41, 5.74) is 3.99. The minimum Gasteiger partial charge on any atom is -0.493 e. The van der Waals surface area contributed by atoms with E-state index in [1.165, 1.54) is 5.56 Å². The summed E-state index contributed by atoms with van der Waals surface area (Å²) >= 11 is 0. The van der Waals surface area contributed by atoms with E-state index in [0.29, 0.717) is 31.6 Å². The minimum absolute atomic E-state index is 0. The van der Waals surface area contributed by atoms with Crippen molar-refractivity contribution >= 4 is 35.6 Å². The van der Waals surface area contributed by atoms with Crippen LogP contribution in [0, 0.1) is 6.92 Å². The van der Waals surface area contributed by atoms with Crippen LogP contribution in [0.5, 0.6) is 5.75 Å². The molecule has 0 amide bonds. The van der Waals surface area contributed by atoms with Crippen molar-refractivity contribution in [2.24, 2.45) is 4.99 Å². The molecule has 2 aromatic carbocycles. The molecule has 7 nitrogen and oxygen atoms in total. The zero-order valence-electron chi connectivity index (χ0n) is 18.8. The van der Waals surface area contributed by atoms with Crippen LogP contribution in [-0.2, 0) is 11.2 Å². The van der Waals surface area contributed by atoms with Crippen molar-refractivity contribution in [3.05, 3.63) is 66.1 Å².